The lowest BCUT2D eigenvalue weighted by Crippen LogP contribution is -2.43. The van der Waals surface area contributed by atoms with Crippen LogP contribution in [0.1, 0.15) is 24.2 Å². The Hall–Kier alpha value is -0.320. The summed E-state index contributed by atoms with van der Waals surface area (Å²) >= 11 is 3.30. The van der Waals surface area contributed by atoms with Crippen molar-refractivity contribution >= 4 is 15.9 Å². The van der Waals surface area contributed by atoms with E-state index in [-0.39, 0.29) is 0 Å². The zero-order valence-electron chi connectivity index (χ0n) is 8.85. The monoisotopic (exact) mass is 273 g/mol. The van der Waals surface area contributed by atoms with Crippen LogP contribution >= 0.6 is 15.9 Å². The third kappa shape index (κ3) is 2.62. The van der Waals surface area contributed by atoms with Crippen molar-refractivity contribution in [2.45, 2.75) is 31.8 Å². The minimum Gasteiger partial charge on any atom is -0.454 e. The molecule has 0 atom stereocenters. The predicted molar refractivity (Wildman–Crippen MR) is 61.9 cm³/mol. The lowest BCUT2D eigenvalue weighted by atomic mass is 9.87. The van der Waals surface area contributed by atoms with Gasteiger partial charge in [-0.05, 0) is 60.4 Å². The Morgan fingerprint density at radius 3 is 2.73 bits per heavy atom. The van der Waals surface area contributed by atoms with Crippen molar-refractivity contribution in [2.75, 3.05) is 13.1 Å². The van der Waals surface area contributed by atoms with E-state index in [2.05, 4.69) is 21.2 Å². The molecule has 0 spiro atoms. The van der Waals surface area contributed by atoms with Crippen molar-refractivity contribution in [3.05, 3.63) is 22.1 Å². The third-order valence-corrected chi connectivity index (χ3v) is 3.41. The maximum Gasteiger partial charge on any atom is 0.169 e. The van der Waals surface area contributed by atoms with E-state index in [1.807, 2.05) is 13.0 Å². The summed E-state index contributed by atoms with van der Waals surface area (Å²) in [6.07, 6.45) is 2.21. The summed E-state index contributed by atoms with van der Waals surface area (Å²) in [6.45, 7) is 3.78. The van der Waals surface area contributed by atoms with Crippen LogP contribution in [0, 0.1) is 6.92 Å². The molecule has 3 nitrogen and oxygen atoms in total. The van der Waals surface area contributed by atoms with E-state index in [4.69, 9.17) is 4.42 Å². The summed E-state index contributed by atoms with van der Waals surface area (Å²) in [7, 11) is 0. The van der Waals surface area contributed by atoms with Crippen LogP contribution in [0.15, 0.2) is 15.2 Å². The van der Waals surface area contributed by atoms with Gasteiger partial charge in [-0.2, -0.15) is 0 Å². The highest BCUT2D eigenvalue weighted by Gasteiger charge is 2.31. The fourth-order valence-corrected chi connectivity index (χ4v) is 2.56. The van der Waals surface area contributed by atoms with E-state index < -0.39 is 5.60 Å². The minimum atomic E-state index is -0.590. The average Bonchev–Trinajstić information content (AvgIpc) is 2.45. The van der Waals surface area contributed by atoms with Gasteiger partial charge in [0.15, 0.2) is 4.67 Å². The Bertz CT molecular complexity index is 342. The summed E-state index contributed by atoms with van der Waals surface area (Å²) in [5.74, 6) is 0.895. The number of hydrogen-bond donors (Lipinski definition) is 2. The second-order valence-electron chi connectivity index (χ2n) is 4.31. The standard InChI is InChI=1S/C11H16BrNO2/c1-8-6-10(12)15-9(8)7-11(14)2-4-13-5-3-11/h6,13-14H,2-5,7H2,1H3. The normalized spacial score (nSPS) is 20.5. The molecule has 0 aromatic carbocycles. The molecule has 4 heteroatoms. The summed E-state index contributed by atoms with van der Waals surface area (Å²) in [5, 5.41) is 13.6. The molecule has 84 valence electrons. The first-order chi connectivity index (χ1) is 7.09. The van der Waals surface area contributed by atoms with Crippen molar-refractivity contribution in [3.63, 3.8) is 0 Å². The summed E-state index contributed by atoms with van der Waals surface area (Å²) in [4.78, 5) is 0. The molecule has 1 aromatic heterocycles. The smallest absolute Gasteiger partial charge is 0.169 e. The molecule has 0 bridgehead atoms. The van der Waals surface area contributed by atoms with E-state index in [0.717, 1.165) is 41.9 Å². The van der Waals surface area contributed by atoms with Gasteiger partial charge in [0.05, 0.1) is 5.60 Å². The van der Waals surface area contributed by atoms with E-state index in [1.165, 1.54) is 0 Å². The van der Waals surface area contributed by atoms with Crippen LogP contribution in [-0.4, -0.2) is 23.8 Å². The van der Waals surface area contributed by atoms with Crippen LogP contribution in [0.3, 0.4) is 0 Å². The second-order valence-corrected chi connectivity index (χ2v) is 5.09. The molecule has 2 rings (SSSR count). The van der Waals surface area contributed by atoms with E-state index in [9.17, 15) is 5.11 Å². The number of aliphatic hydroxyl groups is 1. The third-order valence-electron chi connectivity index (χ3n) is 3.01. The highest BCUT2D eigenvalue weighted by atomic mass is 79.9. The van der Waals surface area contributed by atoms with Crippen LogP contribution in [-0.2, 0) is 6.42 Å². The van der Waals surface area contributed by atoms with Crippen LogP contribution in [0.2, 0.25) is 0 Å². The maximum absolute atomic E-state index is 10.3. The number of hydrogen-bond acceptors (Lipinski definition) is 3. The van der Waals surface area contributed by atoms with Crippen molar-refractivity contribution in [1.29, 1.82) is 0 Å². The Morgan fingerprint density at radius 1 is 1.53 bits per heavy atom. The van der Waals surface area contributed by atoms with Gasteiger partial charge in [-0.15, -0.1) is 0 Å². The molecule has 1 fully saturated rings. The molecule has 0 amide bonds. The maximum atomic E-state index is 10.3. The quantitative estimate of drug-likeness (QED) is 0.867. The van der Waals surface area contributed by atoms with Crippen LogP contribution in [0.25, 0.3) is 0 Å². The fourth-order valence-electron chi connectivity index (χ4n) is 2.02. The molecule has 2 heterocycles. The molecule has 0 saturated carbocycles. The topological polar surface area (TPSA) is 45.4 Å². The van der Waals surface area contributed by atoms with Crippen molar-refractivity contribution < 1.29 is 9.52 Å². The van der Waals surface area contributed by atoms with E-state index >= 15 is 0 Å². The number of rotatable bonds is 2. The van der Waals surface area contributed by atoms with Gasteiger partial charge in [-0.3, -0.25) is 0 Å². The Morgan fingerprint density at radius 2 is 2.20 bits per heavy atom. The lowest BCUT2D eigenvalue weighted by Gasteiger charge is -2.32. The van der Waals surface area contributed by atoms with E-state index in [1.54, 1.807) is 0 Å². The Labute approximate surface area is 98.0 Å². The molecular formula is C11H16BrNO2. The molecule has 1 aliphatic rings. The van der Waals surface area contributed by atoms with Crippen molar-refractivity contribution in [1.82, 2.24) is 5.32 Å². The molecule has 1 aliphatic heterocycles. The van der Waals surface area contributed by atoms with Crippen molar-refractivity contribution in [3.8, 4) is 0 Å². The van der Waals surface area contributed by atoms with Gasteiger partial charge in [0, 0.05) is 6.42 Å². The van der Waals surface area contributed by atoms with Gasteiger partial charge in [-0.25, -0.2) is 0 Å². The minimum absolute atomic E-state index is 0.590. The molecule has 1 saturated heterocycles. The van der Waals surface area contributed by atoms with Crippen LogP contribution < -0.4 is 5.32 Å². The molecule has 0 unspecified atom stereocenters. The molecular weight excluding hydrogens is 258 g/mol. The van der Waals surface area contributed by atoms with E-state index in [0.29, 0.717) is 6.42 Å². The number of nitrogens with one attached hydrogen (secondary N) is 1. The first kappa shape index (κ1) is 11.2. The summed E-state index contributed by atoms with van der Waals surface area (Å²) < 4.78 is 6.26. The fraction of sp³-hybridized carbons (Fsp3) is 0.636. The highest BCUT2D eigenvalue weighted by Crippen LogP contribution is 2.28. The van der Waals surface area contributed by atoms with Gasteiger partial charge in [-0.1, -0.05) is 0 Å². The zero-order chi connectivity index (χ0) is 10.9. The molecule has 0 aliphatic carbocycles. The van der Waals surface area contributed by atoms with Gasteiger partial charge in [0.25, 0.3) is 0 Å². The van der Waals surface area contributed by atoms with Gasteiger partial charge < -0.3 is 14.8 Å². The first-order valence-corrected chi connectivity index (χ1v) is 6.06. The second kappa shape index (κ2) is 4.28. The van der Waals surface area contributed by atoms with Gasteiger partial charge in [0.1, 0.15) is 5.76 Å². The molecule has 2 N–H and O–H groups in total. The number of piperidine rings is 1. The average molecular weight is 274 g/mol. The summed E-state index contributed by atoms with van der Waals surface area (Å²) in [5.41, 5.74) is 0.515. The van der Waals surface area contributed by atoms with Gasteiger partial charge in [0.2, 0.25) is 0 Å². The summed E-state index contributed by atoms with van der Waals surface area (Å²) in [6, 6.07) is 1.94. The number of aryl methyl sites for hydroxylation is 1. The molecule has 1 aromatic rings. The largest absolute Gasteiger partial charge is 0.454 e. The highest BCUT2D eigenvalue weighted by molar-refractivity contribution is 9.10. The number of halogens is 1. The molecule has 15 heavy (non-hydrogen) atoms. The lowest BCUT2D eigenvalue weighted by molar-refractivity contribution is 0.00627. The SMILES string of the molecule is Cc1cc(Br)oc1CC1(O)CCNCC1. The Kier molecular flexibility index (Phi) is 3.19. The zero-order valence-corrected chi connectivity index (χ0v) is 10.4. The number of furan rings is 1. The Balaban J connectivity index is 2.09. The van der Waals surface area contributed by atoms with Gasteiger partial charge >= 0.3 is 0 Å². The van der Waals surface area contributed by atoms with Crippen molar-refractivity contribution in [2.24, 2.45) is 0 Å². The predicted octanol–water partition coefficient (Wildman–Crippen LogP) is 2.01. The molecule has 0 radical (unpaired) electrons. The van der Waals surface area contributed by atoms with Crippen LogP contribution in [0.5, 0.6) is 0 Å². The van der Waals surface area contributed by atoms with Crippen LogP contribution in [0.4, 0.5) is 0 Å². The first-order valence-electron chi connectivity index (χ1n) is 5.27.